The van der Waals surface area contributed by atoms with E-state index in [9.17, 15) is 23.2 Å². The number of rotatable bonds is 4. The number of quaternary nitrogens is 1. The second-order valence-electron chi connectivity index (χ2n) is 3.27. The van der Waals surface area contributed by atoms with Crippen LogP contribution in [0.3, 0.4) is 0 Å². The molecule has 0 aliphatic rings. The minimum Gasteiger partial charge on any atom is -0.609 e. The van der Waals surface area contributed by atoms with Crippen LogP contribution >= 0.6 is 0 Å². The number of hydrogen-bond acceptors (Lipinski definition) is 6. The van der Waals surface area contributed by atoms with Gasteiger partial charge in [-0.25, -0.2) is 4.79 Å². The van der Waals surface area contributed by atoms with Gasteiger partial charge in [0.1, 0.15) is 17.6 Å². The summed E-state index contributed by atoms with van der Waals surface area (Å²) in [5.41, 5.74) is 0. The molecule has 1 unspecified atom stereocenters. The Labute approximate surface area is 97.9 Å². The molecule has 1 rings (SSSR count). The van der Waals surface area contributed by atoms with Crippen molar-refractivity contribution in [1.82, 2.24) is 4.98 Å². The van der Waals surface area contributed by atoms with Crippen molar-refractivity contribution in [3.8, 4) is 0 Å². The van der Waals surface area contributed by atoms with Gasteiger partial charge in [-0.1, -0.05) is 0 Å². The van der Waals surface area contributed by atoms with Gasteiger partial charge in [0.05, 0.1) is 7.05 Å². The maximum atomic E-state index is 11.9. The number of carbonyl (C=O) groups excluding carboxylic acids is 2. The number of hydroxylamine groups is 2. The van der Waals surface area contributed by atoms with E-state index >= 15 is 0 Å². The third-order valence-electron chi connectivity index (χ3n) is 2.12. The molecule has 17 heavy (non-hydrogen) atoms. The van der Waals surface area contributed by atoms with Crippen LogP contribution < -0.4 is 0 Å². The van der Waals surface area contributed by atoms with Gasteiger partial charge in [0.2, 0.25) is 0 Å². The Morgan fingerprint density at radius 1 is 1.47 bits per heavy atom. The Bertz CT molecular complexity index is 524. The summed E-state index contributed by atoms with van der Waals surface area (Å²) in [6.07, 6.45) is 1.83. The van der Waals surface area contributed by atoms with Gasteiger partial charge in [0.15, 0.2) is 0 Å². The molecule has 1 atom stereocenters. The molecule has 7 nitrogen and oxygen atoms in total. The van der Waals surface area contributed by atoms with Crippen molar-refractivity contribution >= 4 is 22.2 Å². The average Bonchev–Trinajstić information content (AvgIpc) is 2.30. The number of aromatic nitrogens is 1. The number of sulfonamides is 1. The van der Waals surface area contributed by atoms with Crippen LogP contribution in [0.25, 0.3) is 0 Å². The molecule has 92 valence electrons. The van der Waals surface area contributed by atoms with E-state index in [0.29, 0.717) is 7.05 Å². The minimum absolute atomic E-state index is 0.193. The second kappa shape index (κ2) is 4.70. The molecular formula is C9H10N2O5S. The molecule has 1 heterocycles. The molecule has 0 aliphatic carbocycles. The lowest BCUT2D eigenvalue weighted by molar-refractivity contribution is -0.646. The fourth-order valence-corrected chi connectivity index (χ4v) is 2.29. The Hall–Kier alpha value is -1.64. The van der Waals surface area contributed by atoms with E-state index in [0.717, 1.165) is 12.1 Å². The van der Waals surface area contributed by atoms with E-state index < -0.39 is 26.4 Å². The number of amides is 1. The van der Waals surface area contributed by atoms with E-state index in [4.69, 9.17) is 0 Å². The molecule has 0 saturated heterocycles. The highest BCUT2D eigenvalue weighted by atomic mass is 32.2. The summed E-state index contributed by atoms with van der Waals surface area (Å²) in [6, 6.07) is 2.22. The number of aldehydes is 1. The molecule has 0 radical (unpaired) electrons. The van der Waals surface area contributed by atoms with Crippen LogP contribution in [-0.2, 0) is 19.6 Å². The molecular weight excluding hydrogens is 248 g/mol. The van der Waals surface area contributed by atoms with Gasteiger partial charge < -0.3 is 10.0 Å². The zero-order chi connectivity index (χ0) is 13.1. The van der Waals surface area contributed by atoms with Crippen molar-refractivity contribution in [3.05, 3.63) is 29.7 Å². The highest BCUT2D eigenvalue weighted by Crippen LogP contribution is 2.21. The third kappa shape index (κ3) is 2.38. The summed E-state index contributed by atoms with van der Waals surface area (Å²) in [5, 5.41) is 11.8. The van der Waals surface area contributed by atoms with Crippen LogP contribution in [0.4, 0.5) is 0 Å². The fourth-order valence-electron chi connectivity index (χ4n) is 1.08. The van der Waals surface area contributed by atoms with Gasteiger partial charge in [-0.15, -0.1) is 0 Å². The quantitative estimate of drug-likeness (QED) is 0.321. The molecule has 0 fully saturated rings. The lowest BCUT2D eigenvalue weighted by atomic mass is 10.4. The Morgan fingerprint density at radius 3 is 2.47 bits per heavy atom. The molecule has 8 heteroatoms. The standard InChI is InChI=1S/C9H10N2O5S/c1-11(14,9(13)4-7-12)17(15,16)8-2-5-10-6-3-8/h2-3,5-7H,4H2,1H3. The molecule has 1 amide bonds. The maximum absolute atomic E-state index is 11.9. The Kier molecular flexibility index (Phi) is 3.71. The van der Waals surface area contributed by atoms with Crippen molar-refractivity contribution in [1.29, 1.82) is 0 Å². The van der Waals surface area contributed by atoms with Crippen LogP contribution in [0.15, 0.2) is 29.4 Å². The number of pyridine rings is 1. The lowest BCUT2D eigenvalue weighted by Gasteiger charge is -2.32. The van der Waals surface area contributed by atoms with E-state index in [1.54, 1.807) is 0 Å². The van der Waals surface area contributed by atoms with Crippen molar-refractivity contribution in [2.75, 3.05) is 7.05 Å². The van der Waals surface area contributed by atoms with E-state index in [2.05, 4.69) is 4.98 Å². The first kappa shape index (κ1) is 13.4. The molecule has 0 N–H and O–H groups in total. The SMILES string of the molecule is C[N+]([O-])(C(=O)CC=O)S(=O)(=O)c1ccncc1. The zero-order valence-corrected chi connectivity index (χ0v) is 9.75. The largest absolute Gasteiger partial charge is 0.609 e. The fraction of sp³-hybridized carbons (Fsp3) is 0.222. The maximum Gasteiger partial charge on any atom is 0.336 e. The molecule has 1 aromatic heterocycles. The van der Waals surface area contributed by atoms with Crippen LogP contribution in [-0.4, -0.2) is 36.7 Å². The van der Waals surface area contributed by atoms with Gasteiger partial charge in [-0.2, -0.15) is 12.5 Å². The summed E-state index contributed by atoms with van der Waals surface area (Å²) >= 11 is 0. The van der Waals surface area contributed by atoms with Crippen LogP contribution in [0.5, 0.6) is 0 Å². The van der Waals surface area contributed by atoms with E-state index in [1.807, 2.05) is 0 Å². The molecule has 0 aromatic carbocycles. The summed E-state index contributed by atoms with van der Waals surface area (Å²) in [5.74, 6) is -1.24. The monoisotopic (exact) mass is 258 g/mol. The van der Waals surface area contributed by atoms with Crippen molar-refractivity contribution in [2.45, 2.75) is 11.3 Å². The normalized spacial score (nSPS) is 14.9. The van der Waals surface area contributed by atoms with Gasteiger partial charge in [-0.05, 0) is 12.1 Å². The number of carbonyl (C=O) groups is 2. The summed E-state index contributed by atoms with van der Waals surface area (Å²) in [4.78, 5) is 24.8. The first-order valence-corrected chi connectivity index (χ1v) is 5.98. The predicted octanol–water partition coefficient (Wildman–Crippen LogP) is -0.170. The highest BCUT2D eigenvalue weighted by molar-refractivity contribution is 7.86. The van der Waals surface area contributed by atoms with E-state index in [1.165, 1.54) is 12.4 Å². The first-order valence-electron chi connectivity index (χ1n) is 4.54. The summed E-state index contributed by atoms with van der Waals surface area (Å²) < 4.78 is 21.6. The molecule has 0 saturated carbocycles. The first-order chi connectivity index (χ1) is 7.84. The second-order valence-corrected chi connectivity index (χ2v) is 5.39. The third-order valence-corrected chi connectivity index (χ3v) is 4.11. The average molecular weight is 258 g/mol. The number of nitrogens with zero attached hydrogens (tertiary/aromatic N) is 2. The topological polar surface area (TPSA) is 104 Å². The molecule has 0 aliphatic heterocycles. The summed E-state index contributed by atoms with van der Waals surface area (Å²) in [6.45, 7) is 0. The highest BCUT2D eigenvalue weighted by Gasteiger charge is 2.37. The lowest BCUT2D eigenvalue weighted by Crippen LogP contribution is -2.48. The van der Waals surface area contributed by atoms with Crippen LogP contribution in [0.1, 0.15) is 6.42 Å². The molecule has 0 bridgehead atoms. The number of hydrogen-bond donors (Lipinski definition) is 0. The van der Waals surface area contributed by atoms with Gasteiger partial charge >= 0.3 is 15.9 Å². The predicted molar refractivity (Wildman–Crippen MR) is 56.7 cm³/mol. The summed E-state index contributed by atoms with van der Waals surface area (Å²) in [7, 11) is -3.74. The Morgan fingerprint density at radius 2 is 2.00 bits per heavy atom. The van der Waals surface area contributed by atoms with Gasteiger partial charge in [0.25, 0.3) is 0 Å². The van der Waals surface area contributed by atoms with Crippen LogP contribution in [0, 0.1) is 5.21 Å². The van der Waals surface area contributed by atoms with Gasteiger partial charge in [0, 0.05) is 12.4 Å². The zero-order valence-electron chi connectivity index (χ0n) is 8.94. The van der Waals surface area contributed by atoms with Crippen molar-refractivity contribution in [2.24, 2.45) is 0 Å². The van der Waals surface area contributed by atoms with Crippen LogP contribution in [0.2, 0.25) is 0 Å². The smallest absolute Gasteiger partial charge is 0.336 e. The Balaban J connectivity index is 3.23. The minimum atomic E-state index is -4.43. The van der Waals surface area contributed by atoms with Crippen molar-refractivity contribution in [3.63, 3.8) is 0 Å². The molecule has 0 spiro atoms. The van der Waals surface area contributed by atoms with Gasteiger partial charge in [-0.3, -0.25) is 4.98 Å². The van der Waals surface area contributed by atoms with Crippen molar-refractivity contribution < 1.29 is 22.1 Å². The molecule has 1 aromatic rings. The van der Waals surface area contributed by atoms with E-state index in [-0.39, 0.29) is 11.2 Å².